The molecule has 0 aliphatic heterocycles. The van der Waals surface area contributed by atoms with Gasteiger partial charge in [-0.2, -0.15) is 0 Å². The van der Waals surface area contributed by atoms with E-state index in [1.807, 2.05) is 6.08 Å². The quantitative estimate of drug-likeness (QED) is 0.484. The van der Waals surface area contributed by atoms with E-state index in [1.54, 1.807) is 0 Å². The van der Waals surface area contributed by atoms with E-state index >= 15 is 0 Å². The highest BCUT2D eigenvalue weighted by molar-refractivity contribution is 9.09. The van der Waals surface area contributed by atoms with Crippen molar-refractivity contribution in [2.45, 2.75) is 70.8 Å². The zero-order valence-corrected chi connectivity index (χ0v) is 17.8. The second kappa shape index (κ2) is 6.53. The number of Topliss-reactive ketones (excluding diaryl/α,β-unsaturated/α-hetero) is 1. The van der Waals surface area contributed by atoms with Crippen molar-refractivity contribution in [2.75, 3.05) is 5.33 Å². The summed E-state index contributed by atoms with van der Waals surface area (Å²) in [5.74, 6) is 1.79. The number of fused-ring (bicyclic) bond motifs is 5. The Bertz CT molecular complexity index is 715. The molecule has 0 aromatic carbocycles. The van der Waals surface area contributed by atoms with Crippen LogP contribution in [0.25, 0.3) is 0 Å². The predicted molar refractivity (Wildman–Crippen MR) is 105 cm³/mol. The molecule has 0 spiro atoms. The molecule has 4 nitrogen and oxygen atoms in total. The smallest absolute Gasteiger partial charge is 0.294 e. The zero-order chi connectivity index (χ0) is 19.4. The van der Waals surface area contributed by atoms with Crippen molar-refractivity contribution in [1.82, 2.24) is 0 Å². The summed E-state index contributed by atoms with van der Waals surface area (Å²) in [6.07, 6.45) is 9.14. The van der Waals surface area contributed by atoms with E-state index in [2.05, 4.69) is 29.8 Å². The van der Waals surface area contributed by atoms with Gasteiger partial charge in [0.2, 0.25) is 0 Å². The Morgan fingerprint density at radius 3 is 2.63 bits per heavy atom. The summed E-state index contributed by atoms with van der Waals surface area (Å²) in [6.45, 7) is 5.03. The van der Waals surface area contributed by atoms with Gasteiger partial charge in [0.25, 0.3) is 6.47 Å². The zero-order valence-electron chi connectivity index (χ0n) is 16.3. The molecule has 0 bridgehead atoms. The van der Waals surface area contributed by atoms with Crippen molar-refractivity contribution in [3.63, 3.8) is 0 Å². The van der Waals surface area contributed by atoms with E-state index < -0.39 is 5.60 Å². The SMILES string of the molecule is C[C@]12CCC(=O)C=C1CC[C@@H]1[C@@H]2CC[C@@]2(C)[C@H]1CC[C@]2(OC=O)C(=O)CBr. The second-order valence-electron chi connectivity index (χ2n) is 9.56. The van der Waals surface area contributed by atoms with Crippen LogP contribution >= 0.6 is 15.9 Å². The first-order chi connectivity index (χ1) is 12.8. The van der Waals surface area contributed by atoms with Crippen molar-refractivity contribution < 1.29 is 19.1 Å². The van der Waals surface area contributed by atoms with Crippen molar-refractivity contribution in [2.24, 2.45) is 28.6 Å². The lowest BCUT2D eigenvalue weighted by Crippen LogP contribution is -2.58. The summed E-state index contributed by atoms with van der Waals surface area (Å²) in [5.41, 5.74) is 0.206. The number of halogens is 1. The van der Waals surface area contributed by atoms with Crippen LogP contribution in [0.15, 0.2) is 11.6 Å². The van der Waals surface area contributed by atoms with Gasteiger partial charge in [-0.3, -0.25) is 14.4 Å². The molecule has 0 aromatic rings. The molecule has 0 saturated heterocycles. The number of hydrogen-bond donors (Lipinski definition) is 0. The van der Waals surface area contributed by atoms with E-state index in [9.17, 15) is 14.4 Å². The van der Waals surface area contributed by atoms with Gasteiger partial charge >= 0.3 is 0 Å². The number of hydrogen-bond acceptors (Lipinski definition) is 4. The topological polar surface area (TPSA) is 60.4 Å². The molecule has 4 rings (SSSR count). The van der Waals surface area contributed by atoms with Crippen LogP contribution in [0.5, 0.6) is 0 Å². The lowest BCUT2D eigenvalue weighted by atomic mass is 9.46. The number of ether oxygens (including phenoxy) is 1. The Morgan fingerprint density at radius 2 is 1.93 bits per heavy atom. The summed E-state index contributed by atoms with van der Waals surface area (Å²) in [5, 5.41) is 0.226. The van der Waals surface area contributed by atoms with Crippen LogP contribution in [0.3, 0.4) is 0 Å². The maximum atomic E-state index is 12.9. The van der Waals surface area contributed by atoms with Gasteiger partial charge in [-0.25, -0.2) is 0 Å². The van der Waals surface area contributed by atoms with E-state index in [0.29, 0.717) is 37.1 Å². The Labute approximate surface area is 169 Å². The number of carbonyl (C=O) groups is 3. The van der Waals surface area contributed by atoms with Gasteiger partial charge in [0.1, 0.15) is 0 Å². The predicted octanol–water partition coefficient (Wildman–Crippen LogP) is 4.39. The molecule has 3 saturated carbocycles. The fourth-order valence-corrected chi connectivity index (χ4v) is 7.92. The van der Waals surface area contributed by atoms with Crippen LogP contribution in [-0.2, 0) is 19.1 Å². The van der Waals surface area contributed by atoms with E-state index in [-0.39, 0.29) is 27.7 Å². The molecular formula is C22H29BrO4. The van der Waals surface area contributed by atoms with Gasteiger partial charge in [-0.1, -0.05) is 35.4 Å². The minimum atomic E-state index is -0.979. The number of carbonyl (C=O) groups excluding carboxylic acids is 3. The molecular weight excluding hydrogens is 408 g/mol. The standard InChI is InChI=1S/C22H29BrO4/c1-20-8-5-15(25)11-14(20)3-4-16-17(20)6-9-21(2)18(16)7-10-22(21,27-13-24)19(26)12-23/h11,13,16-18H,3-10,12H2,1-2H3/t16-,17+,18+,20+,21+,22+/m1/s1. The lowest BCUT2D eigenvalue weighted by molar-refractivity contribution is -0.178. The summed E-state index contributed by atoms with van der Waals surface area (Å²) >= 11 is 3.31. The molecule has 0 aromatic heterocycles. The van der Waals surface area contributed by atoms with Crippen LogP contribution < -0.4 is 0 Å². The third-order valence-electron chi connectivity index (χ3n) is 8.90. The Hall–Kier alpha value is -0.970. The van der Waals surface area contributed by atoms with Crippen molar-refractivity contribution >= 4 is 34.0 Å². The normalized spacial score (nSPS) is 46.0. The third-order valence-corrected chi connectivity index (χ3v) is 9.41. The largest absolute Gasteiger partial charge is 0.453 e. The molecule has 0 radical (unpaired) electrons. The number of alkyl halides is 1. The second-order valence-corrected chi connectivity index (χ2v) is 10.1. The lowest BCUT2D eigenvalue weighted by Gasteiger charge is -2.59. The summed E-state index contributed by atoms with van der Waals surface area (Å²) < 4.78 is 5.63. The molecule has 4 aliphatic rings. The highest BCUT2D eigenvalue weighted by atomic mass is 79.9. The van der Waals surface area contributed by atoms with E-state index in [0.717, 1.165) is 38.5 Å². The molecule has 0 heterocycles. The minimum absolute atomic E-state index is 0.00363. The summed E-state index contributed by atoms with van der Waals surface area (Å²) in [4.78, 5) is 36.2. The van der Waals surface area contributed by atoms with Crippen LogP contribution in [0.2, 0.25) is 0 Å². The number of ketones is 2. The maximum Gasteiger partial charge on any atom is 0.294 e. The average Bonchev–Trinajstić information content (AvgIpc) is 2.95. The van der Waals surface area contributed by atoms with Gasteiger partial charge in [0, 0.05) is 11.8 Å². The maximum absolute atomic E-state index is 12.9. The van der Waals surface area contributed by atoms with Crippen LogP contribution in [0, 0.1) is 28.6 Å². The fraction of sp³-hybridized carbons (Fsp3) is 0.773. The van der Waals surface area contributed by atoms with Gasteiger partial charge < -0.3 is 4.74 Å². The molecule has 0 N–H and O–H groups in total. The van der Waals surface area contributed by atoms with E-state index in [4.69, 9.17) is 4.74 Å². The van der Waals surface area contributed by atoms with Crippen molar-refractivity contribution in [3.05, 3.63) is 11.6 Å². The fourth-order valence-electron chi connectivity index (χ4n) is 7.46. The third kappa shape index (κ3) is 2.49. The first kappa shape index (κ1) is 19.4. The van der Waals surface area contributed by atoms with Gasteiger partial charge in [0.05, 0.1) is 5.33 Å². The van der Waals surface area contributed by atoms with Crippen molar-refractivity contribution in [1.29, 1.82) is 0 Å². The molecule has 5 heteroatoms. The van der Waals surface area contributed by atoms with Crippen LogP contribution in [-0.4, -0.2) is 29.0 Å². The number of allylic oxidation sites excluding steroid dienone is 1. The summed E-state index contributed by atoms with van der Waals surface area (Å²) in [6, 6.07) is 0. The first-order valence-corrected chi connectivity index (χ1v) is 11.4. The molecule has 0 unspecified atom stereocenters. The number of rotatable bonds is 4. The molecule has 27 heavy (non-hydrogen) atoms. The van der Waals surface area contributed by atoms with Gasteiger partial charge in [0.15, 0.2) is 17.2 Å². The van der Waals surface area contributed by atoms with Gasteiger partial charge in [-0.15, -0.1) is 0 Å². The highest BCUT2D eigenvalue weighted by Crippen LogP contribution is 2.68. The van der Waals surface area contributed by atoms with Crippen molar-refractivity contribution in [3.8, 4) is 0 Å². The monoisotopic (exact) mass is 436 g/mol. The Kier molecular flexibility index (Phi) is 4.68. The first-order valence-electron chi connectivity index (χ1n) is 10.3. The minimum Gasteiger partial charge on any atom is -0.453 e. The Morgan fingerprint density at radius 1 is 1.19 bits per heavy atom. The molecule has 0 amide bonds. The van der Waals surface area contributed by atoms with Crippen LogP contribution in [0.1, 0.15) is 65.2 Å². The highest BCUT2D eigenvalue weighted by Gasteiger charge is 2.67. The molecule has 6 atom stereocenters. The van der Waals surface area contributed by atoms with E-state index in [1.165, 1.54) is 5.57 Å². The molecule has 148 valence electrons. The van der Waals surface area contributed by atoms with Crippen LogP contribution in [0.4, 0.5) is 0 Å². The summed E-state index contributed by atoms with van der Waals surface area (Å²) in [7, 11) is 0. The molecule has 4 aliphatic carbocycles. The Balaban J connectivity index is 1.70. The van der Waals surface area contributed by atoms with Gasteiger partial charge in [-0.05, 0) is 74.2 Å². The molecule has 3 fully saturated rings. The average molecular weight is 437 g/mol.